The van der Waals surface area contributed by atoms with Crippen molar-refractivity contribution >= 4 is 23.5 Å². The van der Waals surface area contributed by atoms with Crippen LogP contribution in [0.4, 0.5) is 4.39 Å². The summed E-state index contributed by atoms with van der Waals surface area (Å²) in [5.41, 5.74) is 0.981. The molecule has 0 aliphatic carbocycles. The number of amides is 1. The van der Waals surface area contributed by atoms with Crippen LogP contribution in [0.15, 0.2) is 24.3 Å². The maximum atomic E-state index is 13.0. The Kier molecular flexibility index (Phi) is 5.03. The molecule has 3 rings (SSSR count). The zero-order chi connectivity index (χ0) is 18.0. The molecule has 0 radical (unpaired) electrons. The second kappa shape index (κ2) is 7.23. The van der Waals surface area contributed by atoms with Gasteiger partial charge in [0.2, 0.25) is 0 Å². The van der Waals surface area contributed by atoms with E-state index in [0.29, 0.717) is 24.5 Å². The zero-order valence-electron chi connectivity index (χ0n) is 13.7. The molecule has 1 aliphatic heterocycles. The summed E-state index contributed by atoms with van der Waals surface area (Å²) in [7, 11) is 0. The van der Waals surface area contributed by atoms with Gasteiger partial charge in [-0.25, -0.2) is 13.9 Å². The minimum atomic E-state index is -0.705. The normalized spacial score (nSPS) is 14.0. The van der Waals surface area contributed by atoms with Crippen molar-refractivity contribution in [2.45, 2.75) is 19.8 Å². The molecule has 1 amide bonds. The van der Waals surface area contributed by atoms with Crippen molar-refractivity contribution in [1.82, 2.24) is 14.7 Å². The number of hydrogen-bond donors (Lipinski definition) is 0. The largest absolute Gasteiger partial charge is 0.452 e. The van der Waals surface area contributed by atoms with Gasteiger partial charge in [0.25, 0.3) is 5.91 Å². The highest BCUT2D eigenvalue weighted by Crippen LogP contribution is 2.24. The van der Waals surface area contributed by atoms with Gasteiger partial charge in [0.05, 0.1) is 11.4 Å². The molecule has 0 atom stereocenters. The van der Waals surface area contributed by atoms with Crippen LogP contribution in [0, 0.1) is 12.7 Å². The Morgan fingerprint density at radius 2 is 1.88 bits per heavy atom. The number of rotatable bonds is 4. The fourth-order valence-corrected chi connectivity index (χ4v) is 3.09. The van der Waals surface area contributed by atoms with E-state index in [-0.39, 0.29) is 29.0 Å². The molecule has 0 N–H and O–H groups in total. The Labute approximate surface area is 149 Å². The van der Waals surface area contributed by atoms with Gasteiger partial charge in [0.15, 0.2) is 6.61 Å². The highest BCUT2D eigenvalue weighted by atomic mass is 35.5. The molecule has 1 saturated heterocycles. The molecule has 1 aromatic heterocycles. The molecule has 1 aliphatic rings. The quantitative estimate of drug-likeness (QED) is 0.781. The number of likely N-dealkylation sites (tertiary alicyclic amines) is 1. The number of carbonyl (C=O) groups is 2. The third-order valence-electron chi connectivity index (χ3n) is 4.06. The number of esters is 1. The number of hydrogen-bond acceptors (Lipinski definition) is 4. The molecule has 1 fully saturated rings. The monoisotopic (exact) mass is 365 g/mol. The number of nitrogens with zero attached hydrogens (tertiary/aromatic N) is 3. The van der Waals surface area contributed by atoms with Crippen molar-refractivity contribution in [2.75, 3.05) is 19.7 Å². The molecule has 8 heteroatoms. The van der Waals surface area contributed by atoms with Crippen molar-refractivity contribution in [2.24, 2.45) is 0 Å². The summed E-state index contributed by atoms with van der Waals surface area (Å²) in [6, 6.07) is 5.55. The third-order valence-corrected chi connectivity index (χ3v) is 4.41. The molecule has 6 nitrogen and oxygen atoms in total. The van der Waals surface area contributed by atoms with Crippen LogP contribution in [0.1, 0.15) is 28.9 Å². The molecule has 1 aromatic carbocycles. The predicted octanol–water partition coefficient (Wildman–Crippen LogP) is 2.75. The maximum Gasteiger partial charge on any atom is 0.343 e. The highest BCUT2D eigenvalue weighted by molar-refractivity contribution is 6.33. The molecule has 0 bridgehead atoms. The Morgan fingerprint density at radius 3 is 2.52 bits per heavy atom. The van der Waals surface area contributed by atoms with Crippen molar-refractivity contribution in [3.63, 3.8) is 0 Å². The van der Waals surface area contributed by atoms with Gasteiger partial charge in [0.1, 0.15) is 16.5 Å². The van der Waals surface area contributed by atoms with Gasteiger partial charge < -0.3 is 9.64 Å². The van der Waals surface area contributed by atoms with E-state index in [9.17, 15) is 14.0 Å². The predicted molar refractivity (Wildman–Crippen MR) is 89.4 cm³/mol. The average Bonchev–Trinajstić information content (AvgIpc) is 3.22. The minimum absolute atomic E-state index is 0.0581. The fraction of sp³-hybridized carbons (Fsp3) is 0.353. The van der Waals surface area contributed by atoms with E-state index >= 15 is 0 Å². The minimum Gasteiger partial charge on any atom is -0.452 e. The molecule has 0 spiro atoms. The lowest BCUT2D eigenvalue weighted by Crippen LogP contribution is -2.32. The summed E-state index contributed by atoms with van der Waals surface area (Å²) in [5, 5.41) is 4.26. The summed E-state index contributed by atoms with van der Waals surface area (Å²) < 4.78 is 19.5. The van der Waals surface area contributed by atoms with Crippen LogP contribution in [0.2, 0.25) is 5.15 Å². The Morgan fingerprint density at radius 1 is 1.24 bits per heavy atom. The smallest absolute Gasteiger partial charge is 0.343 e. The lowest BCUT2D eigenvalue weighted by molar-refractivity contribution is -0.133. The summed E-state index contributed by atoms with van der Waals surface area (Å²) in [6.45, 7) is 2.68. The van der Waals surface area contributed by atoms with E-state index < -0.39 is 5.97 Å². The molecule has 2 heterocycles. The first-order valence-electron chi connectivity index (χ1n) is 7.93. The standard InChI is InChI=1S/C17H17ClFN3O3/c1-11-15(17(24)25-10-14(23)21-8-2-3-9-21)16(18)22(20-11)13-6-4-12(19)5-7-13/h4-7H,2-3,8-10H2,1H3. The lowest BCUT2D eigenvalue weighted by atomic mass is 10.2. The van der Waals surface area contributed by atoms with Gasteiger partial charge in [0, 0.05) is 13.1 Å². The molecular weight excluding hydrogens is 349 g/mol. The SMILES string of the molecule is Cc1nn(-c2ccc(F)cc2)c(Cl)c1C(=O)OCC(=O)N1CCCC1. The van der Waals surface area contributed by atoms with E-state index in [4.69, 9.17) is 16.3 Å². The third kappa shape index (κ3) is 3.66. The van der Waals surface area contributed by atoms with Crippen LogP contribution in [-0.2, 0) is 9.53 Å². The molecule has 2 aromatic rings. The highest BCUT2D eigenvalue weighted by Gasteiger charge is 2.25. The summed E-state index contributed by atoms with van der Waals surface area (Å²) >= 11 is 6.25. The van der Waals surface area contributed by atoms with Crippen molar-refractivity contribution in [3.8, 4) is 5.69 Å². The van der Waals surface area contributed by atoms with Crippen LogP contribution in [-0.4, -0.2) is 46.3 Å². The van der Waals surface area contributed by atoms with Crippen LogP contribution in [0.25, 0.3) is 5.69 Å². The van der Waals surface area contributed by atoms with E-state index in [1.807, 2.05) is 0 Å². The van der Waals surface area contributed by atoms with Crippen molar-refractivity contribution in [3.05, 3.63) is 46.5 Å². The fourth-order valence-electron chi connectivity index (χ4n) is 2.74. The van der Waals surface area contributed by atoms with E-state index in [0.717, 1.165) is 12.8 Å². The van der Waals surface area contributed by atoms with Gasteiger partial charge in [-0.15, -0.1) is 0 Å². The molecule has 0 saturated carbocycles. The number of carbonyl (C=O) groups excluding carboxylic acids is 2. The molecule has 0 unspecified atom stereocenters. The van der Waals surface area contributed by atoms with Crippen molar-refractivity contribution < 1.29 is 18.7 Å². The number of benzene rings is 1. The van der Waals surface area contributed by atoms with Crippen LogP contribution in [0.3, 0.4) is 0 Å². The van der Waals surface area contributed by atoms with Crippen molar-refractivity contribution in [1.29, 1.82) is 0 Å². The number of ether oxygens (including phenoxy) is 1. The van der Waals surface area contributed by atoms with E-state index in [1.54, 1.807) is 11.8 Å². The number of aryl methyl sites for hydroxylation is 1. The first-order chi connectivity index (χ1) is 12.0. The van der Waals surface area contributed by atoms with E-state index in [1.165, 1.54) is 28.9 Å². The molecule has 25 heavy (non-hydrogen) atoms. The molecule has 132 valence electrons. The van der Waals surface area contributed by atoms with Gasteiger partial charge >= 0.3 is 5.97 Å². The van der Waals surface area contributed by atoms with Gasteiger partial charge in [-0.3, -0.25) is 4.79 Å². The van der Waals surface area contributed by atoms with Crippen LogP contribution in [0.5, 0.6) is 0 Å². The van der Waals surface area contributed by atoms with E-state index in [2.05, 4.69) is 5.10 Å². The van der Waals surface area contributed by atoms with Gasteiger partial charge in [-0.05, 0) is 44.0 Å². The Hall–Kier alpha value is -2.41. The maximum absolute atomic E-state index is 13.0. The van der Waals surface area contributed by atoms with Crippen LogP contribution < -0.4 is 0 Å². The van der Waals surface area contributed by atoms with Gasteiger partial charge in [-0.2, -0.15) is 5.10 Å². The average molecular weight is 366 g/mol. The number of aromatic nitrogens is 2. The molecular formula is C17H17ClFN3O3. The zero-order valence-corrected chi connectivity index (χ0v) is 14.4. The Bertz CT molecular complexity index is 798. The lowest BCUT2D eigenvalue weighted by Gasteiger charge is -2.14. The summed E-state index contributed by atoms with van der Waals surface area (Å²) in [4.78, 5) is 26.0. The number of halogens is 2. The summed E-state index contributed by atoms with van der Waals surface area (Å²) in [5.74, 6) is -1.31. The Balaban J connectivity index is 1.74. The topological polar surface area (TPSA) is 64.4 Å². The van der Waals surface area contributed by atoms with Crippen LogP contribution >= 0.6 is 11.6 Å². The first kappa shape index (κ1) is 17.4. The second-order valence-corrected chi connectivity index (χ2v) is 6.16. The first-order valence-corrected chi connectivity index (χ1v) is 8.31. The van der Waals surface area contributed by atoms with Gasteiger partial charge in [-0.1, -0.05) is 11.6 Å². The second-order valence-electron chi connectivity index (χ2n) is 5.80. The summed E-state index contributed by atoms with van der Waals surface area (Å²) in [6.07, 6.45) is 1.93.